The first-order valence-electron chi connectivity index (χ1n) is 4.70. The molecule has 7 heteroatoms. The van der Waals surface area contributed by atoms with Gasteiger partial charge in [-0.1, -0.05) is 5.16 Å². The highest BCUT2D eigenvalue weighted by molar-refractivity contribution is 5.71. The van der Waals surface area contributed by atoms with Gasteiger partial charge in [-0.15, -0.1) is 0 Å². The van der Waals surface area contributed by atoms with Gasteiger partial charge < -0.3 is 9.26 Å². The van der Waals surface area contributed by atoms with Gasteiger partial charge >= 0.3 is 5.97 Å². The number of ether oxygens (including phenoxy) is 1. The predicted molar refractivity (Wildman–Crippen MR) is 53.2 cm³/mol. The molecule has 88 valence electrons. The Bertz CT molecular complexity index is 524. The van der Waals surface area contributed by atoms with Crippen LogP contribution in [0, 0.1) is 5.82 Å². The van der Waals surface area contributed by atoms with Gasteiger partial charge in [0.05, 0.1) is 13.3 Å². The molecule has 0 aliphatic carbocycles. The summed E-state index contributed by atoms with van der Waals surface area (Å²) in [6, 6.07) is 2.65. The number of rotatable bonds is 3. The van der Waals surface area contributed by atoms with E-state index in [1.165, 1.54) is 19.2 Å². The van der Waals surface area contributed by atoms with Crippen LogP contribution in [-0.2, 0) is 16.0 Å². The summed E-state index contributed by atoms with van der Waals surface area (Å²) in [7, 11) is 1.27. The average Bonchev–Trinajstić information content (AvgIpc) is 2.78. The number of hydrogen-bond acceptors (Lipinski definition) is 6. The van der Waals surface area contributed by atoms with Crippen molar-refractivity contribution in [3.63, 3.8) is 0 Å². The van der Waals surface area contributed by atoms with Crippen molar-refractivity contribution >= 4 is 5.97 Å². The molecular formula is C10H8FN3O3. The van der Waals surface area contributed by atoms with E-state index >= 15 is 0 Å². The minimum Gasteiger partial charge on any atom is -0.469 e. The Morgan fingerprint density at radius 2 is 2.35 bits per heavy atom. The van der Waals surface area contributed by atoms with E-state index in [0.29, 0.717) is 5.69 Å². The lowest BCUT2D eigenvalue weighted by Crippen LogP contribution is -2.04. The van der Waals surface area contributed by atoms with Crippen molar-refractivity contribution in [2.45, 2.75) is 6.42 Å². The molecule has 2 aromatic heterocycles. The Morgan fingerprint density at radius 1 is 1.53 bits per heavy atom. The third-order valence-corrected chi connectivity index (χ3v) is 1.95. The standard InChI is InChI=1S/C10H8FN3O3/c1-16-9(15)4-8-13-10(14-17-8)7-3-2-6(11)5-12-7/h2-3,5H,4H2,1H3. The first-order chi connectivity index (χ1) is 8.19. The first kappa shape index (κ1) is 11.2. The van der Waals surface area contributed by atoms with Crippen LogP contribution in [-0.4, -0.2) is 28.2 Å². The molecule has 17 heavy (non-hydrogen) atoms. The van der Waals surface area contributed by atoms with Gasteiger partial charge in [0, 0.05) is 0 Å². The van der Waals surface area contributed by atoms with Crippen LogP contribution in [0.25, 0.3) is 11.5 Å². The fraction of sp³-hybridized carbons (Fsp3) is 0.200. The molecule has 0 spiro atoms. The fourth-order valence-electron chi connectivity index (χ4n) is 1.13. The van der Waals surface area contributed by atoms with Crippen molar-refractivity contribution < 1.29 is 18.4 Å². The van der Waals surface area contributed by atoms with Crippen LogP contribution in [0.4, 0.5) is 4.39 Å². The molecule has 6 nitrogen and oxygen atoms in total. The van der Waals surface area contributed by atoms with E-state index in [4.69, 9.17) is 4.52 Å². The molecule has 0 bridgehead atoms. The second kappa shape index (κ2) is 4.69. The number of nitrogens with zero attached hydrogens (tertiary/aromatic N) is 3. The predicted octanol–water partition coefficient (Wildman–Crippen LogP) is 0.986. The number of methoxy groups -OCH3 is 1. The van der Waals surface area contributed by atoms with Crippen molar-refractivity contribution in [1.29, 1.82) is 0 Å². The summed E-state index contributed by atoms with van der Waals surface area (Å²) in [5.74, 6) is -0.610. The van der Waals surface area contributed by atoms with Gasteiger partial charge in [0.25, 0.3) is 0 Å². The van der Waals surface area contributed by atoms with Gasteiger partial charge in [-0.3, -0.25) is 4.79 Å². The van der Waals surface area contributed by atoms with E-state index in [9.17, 15) is 9.18 Å². The largest absolute Gasteiger partial charge is 0.469 e. The summed E-state index contributed by atoms with van der Waals surface area (Å²) in [4.78, 5) is 18.7. The van der Waals surface area contributed by atoms with Crippen molar-refractivity contribution in [3.05, 3.63) is 30.0 Å². The van der Waals surface area contributed by atoms with Crippen molar-refractivity contribution in [2.75, 3.05) is 7.11 Å². The molecule has 2 rings (SSSR count). The highest BCUT2D eigenvalue weighted by Gasteiger charge is 2.13. The second-order valence-corrected chi connectivity index (χ2v) is 3.13. The van der Waals surface area contributed by atoms with Crippen LogP contribution < -0.4 is 0 Å². The minimum atomic E-state index is -0.479. The molecule has 2 heterocycles. The molecule has 0 aliphatic rings. The number of pyridine rings is 1. The summed E-state index contributed by atoms with van der Waals surface area (Å²) in [5.41, 5.74) is 0.367. The van der Waals surface area contributed by atoms with Crippen LogP contribution in [0.2, 0.25) is 0 Å². The van der Waals surface area contributed by atoms with Gasteiger partial charge in [0.2, 0.25) is 11.7 Å². The lowest BCUT2D eigenvalue weighted by molar-refractivity contribution is -0.140. The van der Waals surface area contributed by atoms with E-state index < -0.39 is 11.8 Å². The molecule has 0 saturated heterocycles. The third-order valence-electron chi connectivity index (χ3n) is 1.95. The highest BCUT2D eigenvalue weighted by atomic mass is 19.1. The zero-order valence-corrected chi connectivity index (χ0v) is 8.88. The zero-order valence-electron chi connectivity index (χ0n) is 8.88. The van der Waals surface area contributed by atoms with Gasteiger partial charge in [-0.05, 0) is 12.1 Å². The monoisotopic (exact) mass is 237 g/mol. The van der Waals surface area contributed by atoms with E-state index in [0.717, 1.165) is 6.20 Å². The summed E-state index contributed by atoms with van der Waals surface area (Å²) >= 11 is 0. The molecule has 0 aromatic carbocycles. The number of esters is 1. The number of carbonyl (C=O) groups is 1. The van der Waals surface area contributed by atoms with Crippen LogP contribution in [0.1, 0.15) is 5.89 Å². The maximum atomic E-state index is 12.6. The quantitative estimate of drug-likeness (QED) is 0.740. The maximum absolute atomic E-state index is 12.6. The minimum absolute atomic E-state index is 0.106. The van der Waals surface area contributed by atoms with Crippen molar-refractivity contribution in [2.24, 2.45) is 0 Å². The van der Waals surface area contributed by atoms with E-state index in [1.54, 1.807) is 0 Å². The molecule has 0 N–H and O–H groups in total. The van der Waals surface area contributed by atoms with Crippen molar-refractivity contribution in [1.82, 2.24) is 15.1 Å². The molecule has 0 aliphatic heterocycles. The second-order valence-electron chi connectivity index (χ2n) is 3.13. The number of hydrogen-bond donors (Lipinski definition) is 0. The van der Waals surface area contributed by atoms with Crippen molar-refractivity contribution in [3.8, 4) is 11.5 Å². The first-order valence-corrected chi connectivity index (χ1v) is 4.70. The van der Waals surface area contributed by atoms with Gasteiger partial charge in [-0.2, -0.15) is 4.98 Å². The molecule has 0 saturated carbocycles. The molecule has 2 aromatic rings. The Labute approximate surface area is 95.4 Å². The lowest BCUT2D eigenvalue weighted by atomic mass is 10.3. The topological polar surface area (TPSA) is 78.1 Å². The maximum Gasteiger partial charge on any atom is 0.315 e. The highest BCUT2D eigenvalue weighted by Crippen LogP contribution is 2.13. The summed E-state index contributed by atoms with van der Waals surface area (Å²) < 4.78 is 21.9. The third kappa shape index (κ3) is 2.63. The lowest BCUT2D eigenvalue weighted by Gasteiger charge is -1.92. The van der Waals surface area contributed by atoms with Crippen LogP contribution in [0.5, 0.6) is 0 Å². The SMILES string of the molecule is COC(=O)Cc1nc(-c2ccc(F)cn2)no1. The Kier molecular flexibility index (Phi) is 3.08. The normalized spacial score (nSPS) is 10.2. The molecular weight excluding hydrogens is 229 g/mol. The van der Waals surface area contributed by atoms with E-state index in [2.05, 4.69) is 19.9 Å². The van der Waals surface area contributed by atoms with Gasteiger partial charge in [0.1, 0.15) is 17.9 Å². The molecule has 0 amide bonds. The molecule has 0 fully saturated rings. The summed E-state index contributed by atoms with van der Waals surface area (Å²) in [6.07, 6.45) is 0.941. The summed E-state index contributed by atoms with van der Waals surface area (Å²) in [5, 5.41) is 3.62. The van der Waals surface area contributed by atoms with Crippen LogP contribution in [0.3, 0.4) is 0 Å². The fourth-order valence-corrected chi connectivity index (χ4v) is 1.13. The number of aromatic nitrogens is 3. The molecule has 0 atom stereocenters. The number of carbonyl (C=O) groups excluding carboxylic acids is 1. The molecule has 0 unspecified atom stereocenters. The molecule has 0 radical (unpaired) electrons. The van der Waals surface area contributed by atoms with E-state index in [1.807, 2.05) is 0 Å². The van der Waals surface area contributed by atoms with Gasteiger partial charge in [0.15, 0.2) is 0 Å². The Hall–Kier alpha value is -2.31. The van der Waals surface area contributed by atoms with Crippen LogP contribution >= 0.6 is 0 Å². The summed E-state index contributed by atoms with van der Waals surface area (Å²) in [6.45, 7) is 0. The zero-order chi connectivity index (χ0) is 12.3. The van der Waals surface area contributed by atoms with E-state index in [-0.39, 0.29) is 18.1 Å². The average molecular weight is 237 g/mol. The number of halogens is 1. The van der Waals surface area contributed by atoms with Crippen LogP contribution in [0.15, 0.2) is 22.9 Å². The smallest absolute Gasteiger partial charge is 0.315 e. The van der Waals surface area contributed by atoms with Gasteiger partial charge in [-0.25, -0.2) is 9.37 Å². The Morgan fingerprint density at radius 3 is 3.00 bits per heavy atom. The Balaban J connectivity index is 2.18.